The summed E-state index contributed by atoms with van der Waals surface area (Å²) in [6.45, 7) is 3.71. The summed E-state index contributed by atoms with van der Waals surface area (Å²) in [5, 5.41) is 10.2. The van der Waals surface area contributed by atoms with Crippen LogP contribution in [0.5, 0.6) is 0 Å². The molecule has 0 radical (unpaired) electrons. The third-order valence-electron chi connectivity index (χ3n) is 5.07. The molecule has 2 unspecified atom stereocenters. The van der Waals surface area contributed by atoms with Gasteiger partial charge in [-0.25, -0.2) is 4.98 Å². The highest BCUT2D eigenvalue weighted by Gasteiger charge is 2.56. The Morgan fingerprint density at radius 3 is 2.86 bits per heavy atom. The van der Waals surface area contributed by atoms with Crippen LogP contribution in [0, 0.1) is 11.4 Å². The third kappa shape index (κ3) is 2.50. The average molecular weight is 308 g/mol. The van der Waals surface area contributed by atoms with Crippen molar-refractivity contribution >= 4 is 5.91 Å². The zero-order valence-corrected chi connectivity index (χ0v) is 12.7. The fourth-order valence-electron chi connectivity index (χ4n) is 3.66. The monoisotopic (exact) mass is 308 g/mol. The molecule has 1 aliphatic carbocycles. The molecule has 2 heterocycles. The number of ether oxygens (including phenoxy) is 1. The normalized spacial score (nSPS) is 26.8. The fourth-order valence-corrected chi connectivity index (χ4v) is 3.66. The first-order valence-electron chi connectivity index (χ1n) is 7.77. The summed E-state index contributed by atoms with van der Waals surface area (Å²) >= 11 is 0. The zero-order valence-electron chi connectivity index (χ0n) is 12.7. The molecule has 0 aromatic carbocycles. The molecule has 1 N–H and O–H groups in total. The van der Waals surface area contributed by atoms with Crippen LogP contribution >= 0.6 is 0 Å². The number of hydrogen-bond donors (Lipinski definition) is 1. The van der Waals surface area contributed by atoms with Crippen LogP contribution in [-0.4, -0.2) is 52.8 Å². The van der Waals surface area contributed by atoms with Crippen molar-refractivity contribution in [2.24, 2.45) is 5.41 Å². The van der Waals surface area contributed by atoms with E-state index in [2.05, 4.69) is 4.98 Å². The number of nitrogens with zero attached hydrogens (tertiary/aromatic N) is 2. The van der Waals surface area contributed by atoms with Gasteiger partial charge in [0, 0.05) is 49.4 Å². The molecule has 1 aromatic heterocycles. The number of pyridine rings is 1. The number of amides is 1. The maximum atomic E-state index is 13.1. The van der Waals surface area contributed by atoms with Gasteiger partial charge in [0.05, 0.1) is 12.2 Å². The Morgan fingerprint density at radius 1 is 1.55 bits per heavy atom. The molecule has 2 fully saturated rings. The Balaban J connectivity index is 1.65. The van der Waals surface area contributed by atoms with Gasteiger partial charge in [-0.15, -0.1) is 0 Å². The Hall–Kier alpha value is -1.53. The molecule has 22 heavy (non-hydrogen) atoms. The number of hydrogen-bond acceptors (Lipinski definition) is 4. The predicted molar refractivity (Wildman–Crippen MR) is 77.8 cm³/mol. The van der Waals surface area contributed by atoms with Crippen molar-refractivity contribution in [1.82, 2.24) is 9.88 Å². The van der Waals surface area contributed by atoms with E-state index in [-0.39, 0.29) is 23.5 Å². The van der Waals surface area contributed by atoms with E-state index in [1.54, 1.807) is 4.90 Å². The van der Waals surface area contributed by atoms with Crippen molar-refractivity contribution in [3.63, 3.8) is 0 Å². The first-order valence-corrected chi connectivity index (χ1v) is 7.77. The first-order chi connectivity index (χ1) is 10.6. The number of aliphatic hydroxyl groups is 1. The van der Waals surface area contributed by atoms with Gasteiger partial charge in [-0.05, 0) is 25.8 Å². The van der Waals surface area contributed by atoms with E-state index in [0.717, 1.165) is 18.9 Å². The number of carbonyl (C=O) groups excluding carboxylic acids is 1. The maximum absolute atomic E-state index is 13.1. The largest absolute Gasteiger partial charge is 0.392 e. The van der Waals surface area contributed by atoms with Crippen LogP contribution in [0.1, 0.15) is 36.5 Å². The van der Waals surface area contributed by atoms with Crippen molar-refractivity contribution in [3.8, 4) is 0 Å². The molecule has 1 amide bonds. The maximum Gasteiger partial charge on any atom is 0.254 e. The summed E-state index contributed by atoms with van der Waals surface area (Å²) in [4.78, 5) is 17.6. The van der Waals surface area contributed by atoms with Gasteiger partial charge in [0.1, 0.15) is 0 Å². The number of carbonyl (C=O) groups is 1. The van der Waals surface area contributed by atoms with Crippen LogP contribution in [0.3, 0.4) is 0 Å². The summed E-state index contributed by atoms with van der Waals surface area (Å²) in [6.07, 6.45) is 3.16. The number of likely N-dealkylation sites (tertiary alicyclic amines) is 1. The van der Waals surface area contributed by atoms with Gasteiger partial charge in [-0.3, -0.25) is 4.79 Å². The van der Waals surface area contributed by atoms with Gasteiger partial charge in [0.25, 0.3) is 5.91 Å². The molecule has 1 spiro atoms. The lowest BCUT2D eigenvalue weighted by atomic mass is 9.58. The minimum Gasteiger partial charge on any atom is -0.392 e. The van der Waals surface area contributed by atoms with Crippen molar-refractivity contribution in [3.05, 3.63) is 29.8 Å². The van der Waals surface area contributed by atoms with Gasteiger partial charge in [-0.2, -0.15) is 4.39 Å². The van der Waals surface area contributed by atoms with Crippen LogP contribution < -0.4 is 0 Å². The Morgan fingerprint density at radius 2 is 2.27 bits per heavy atom. The smallest absolute Gasteiger partial charge is 0.254 e. The Labute approximate surface area is 129 Å². The van der Waals surface area contributed by atoms with Gasteiger partial charge in [0.2, 0.25) is 5.95 Å². The molecule has 1 saturated carbocycles. The van der Waals surface area contributed by atoms with E-state index in [0.29, 0.717) is 31.7 Å². The number of halogens is 1. The lowest BCUT2D eigenvalue weighted by Gasteiger charge is -2.56. The van der Waals surface area contributed by atoms with Crippen molar-refractivity contribution in [2.45, 2.75) is 38.4 Å². The molecule has 1 aromatic rings. The van der Waals surface area contributed by atoms with E-state index in [4.69, 9.17) is 4.74 Å². The zero-order chi connectivity index (χ0) is 15.7. The molecule has 1 aliphatic heterocycles. The molecule has 0 bridgehead atoms. The summed E-state index contributed by atoms with van der Waals surface area (Å²) < 4.78 is 18.9. The molecule has 3 rings (SSSR count). The van der Waals surface area contributed by atoms with Crippen LogP contribution in [0.15, 0.2) is 18.3 Å². The van der Waals surface area contributed by atoms with Crippen LogP contribution in [0.25, 0.3) is 0 Å². The number of aromatic nitrogens is 1. The van der Waals surface area contributed by atoms with Crippen LogP contribution in [-0.2, 0) is 4.74 Å². The van der Waals surface area contributed by atoms with E-state index in [1.165, 1.54) is 12.3 Å². The second-order valence-corrected chi connectivity index (χ2v) is 6.09. The molecule has 2 atom stereocenters. The van der Waals surface area contributed by atoms with Crippen molar-refractivity contribution < 1.29 is 19.0 Å². The minimum absolute atomic E-state index is 0.0862. The number of piperidine rings is 1. The predicted octanol–water partition coefficient (Wildman–Crippen LogP) is 1.61. The highest BCUT2D eigenvalue weighted by Crippen LogP contribution is 2.51. The first kappa shape index (κ1) is 15.4. The summed E-state index contributed by atoms with van der Waals surface area (Å²) in [6, 6.07) is 2.69. The van der Waals surface area contributed by atoms with E-state index in [1.807, 2.05) is 6.92 Å². The highest BCUT2D eigenvalue weighted by molar-refractivity contribution is 5.94. The lowest BCUT2D eigenvalue weighted by molar-refractivity contribution is -0.207. The second kappa shape index (κ2) is 5.93. The van der Waals surface area contributed by atoms with Gasteiger partial charge < -0.3 is 14.7 Å². The fraction of sp³-hybridized carbons (Fsp3) is 0.625. The van der Waals surface area contributed by atoms with Crippen LogP contribution in [0.2, 0.25) is 0 Å². The van der Waals surface area contributed by atoms with Gasteiger partial charge in [-0.1, -0.05) is 0 Å². The van der Waals surface area contributed by atoms with Crippen molar-refractivity contribution in [2.75, 3.05) is 19.7 Å². The average Bonchev–Trinajstić information content (AvgIpc) is 2.54. The molecular formula is C16H21FN2O3. The van der Waals surface area contributed by atoms with Crippen molar-refractivity contribution in [1.29, 1.82) is 0 Å². The molecular weight excluding hydrogens is 287 g/mol. The molecule has 1 saturated heterocycles. The van der Waals surface area contributed by atoms with Crippen LogP contribution in [0.4, 0.5) is 4.39 Å². The summed E-state index contributed by atoms with van der Waals surface area (Å²) in [5.74, 6) is -0.830. The summed E-state index contributed by atoms with van der Waals surface area (Å²) in [5.41, 5.74) is 0.106. The highest BCUT2D eigenvalue weighted by atomic mass is 19.1. The molecule has 6 heteroatoms. The van der Waals surface area contributed by atoms with Gasteiger partial charge >= 0.3 is 0 Å². The van der Waals surface area contributed by atoms with Gasteiger partial charge in [0.15, 0.2) is 0 Å². The lowest BCUT2D eigenvalue weighted by Crippen LogP contribution is -2.62. The topological polar surface area (TPSA) is 62.7 Å². The Bertz CT molecular complexity index is 556. The van der Waals surface area contributed by atoms with E-state index >= 15 is 0 Å². The minimum atomic E-state index is -0.648. The molecule has 120 valence electrons. The third-order valence-corrected chi connectivity index (χ3v) is 5.07. The van der Waals surface area contributed by atoms with E-state index < -0.39 is 5.95 Å². The SMILES string of the molecule is CCOC1CC(O)C12CCN(C(=O)c1ccnc(F)c1)CC2. The van der Waals surface area contributed by atoms with E-state index in [9.17, 15) is 14.3 Å². The second-order valence-electron chi connectivity index (χ2n) is 6.09. The molecule has 5 nitrogen and oxygen atoms in total. The number of rotatable bonds is 3. The Kier molecular flexibility index (Phi) is 4.14. The summed E-state index contributed by atoms with van der Waals surface area (Å²) in [7, 11) is 0. The number of aliphatic hydroxyl groups excluding tert-OH is 1. The molecule has 2 aliphatic rings. The standard InChI is InChI=1S/C16H21FN2O3/c1-2-22-13-10-12(20)16(13)4-7-19(8-5-16)15(21)11-3-6-18-14(17)9-11/h3,6,9,12-13,20H,2,4-5,7-8,10H2,1H3. The quantitative estimate of drug-likeness (QED) is 0.862.